The highest BCUT2D eigenvalue weighted by atomic mass is 32.2. The molecule has 1 amide bonds. The smallest absolute Gasteiger partial charge is 0.414 e. The van der Waals surface area contributed by atoms with Crippen LogP contribution in [-0.2, 0) is 19.3 Å². The molecule has 9 nitrogen and oxygen atoms in total. The van der Waals surface area contributed by atoms with E-state index in [0.29, 0.717) is 23.4 Å². The van der Waals surface area contributed by atoms with Gasteiger partial charge < -0.3 is 9.47 Å². The number of amides is 1. The second kappa shape index (κ2) is 8.15. The Labute approximate surface area is 173 Å². The molecule has 0 bridgehead atoms. The second-order valence-corrected chi connectivity index (χ2v) is 9.25. The number of anilines is 1. The number of sulfone groups is 1. The first kappa shape index (κ1) is 20.5. The van der Waals surface area contributed by atoms with Crippen molar-refractivity contribution in [3.63, 3.8) is 0 Å². The maximum Gasteiger partial charge on any atom is 0.414 e. The van der Waals surface area contributed by atoms with Crippen molar-refractivity contribution in [2.24, 2.45) is 0 Å². The van der Waals surface area contributed by atoms with E-state index < -0.39 is 34.1 Å². The quantitative estimate of drug-likeness (QED) is 0.684. The van der Waals surface area contributed by atoms with Crippen molar-refractivity contribution >= 4 is 27.2 Å². The summed E-state index contributed by atoms with van der Waals surface area (Å²) in [4.78, 5) is 13.8. The van der Waals surface area contributed by atoms with Gasteiger partial charge in [0, 0.05) is 18.4 Å². The fourth-order valence-corrected chi connectivity index (χ4v) is 4.73. The maximum absolute atomic E-state index is 14.8. The first-order valence-electron chi connectivity index (χ1n) is 9.53. The molecule has 2 aliphatic heterocycles. The van der Waals surface area contributed by atoms with Gasteiger partial charge in [-0.3, -0.25) is 4.90 Å². The van der Waals surface area contributed by atoms with Crippen LogP contribution in [0, 0.1) is 5.82 Å². The van der Waals surface area contributed by atoms with Gasteiger partial charge in [-0.2, -0.15) is 0 Å². The minimum atomic E-state index is -3.09. The lowest BCUT2D eigenvalue weighted by molar-refractivity contribution is -0.0720. The maximum atomic E-state index is 14.8. The summed E-state index contributed by atoms with van der Waals surface area (Å²) < 4.78 is 50.5. The highest BCUT2D eigenvalue weighted by Gasteiger charge is 2.39. The molecule has 30 heavy (non-hydrogen) atoms. The summed E-state index contributed by atoms with van der Waals surface area (Å²) >= 11 is 0. The van der Waals surface area contributed by atoms with E-state index in [1.807, 2.05) is 6.92 Å². The van der Waals surface area contributed by atoms with Crippen LogP contribution in [0.15, 0.2) is 36.7 Å². The molecule has 1 aromatic carbocycles. The van der Waals surface area contributed by atoms with Crippen molar-refractivity contribution < 1.29 is 27.1 Å². The van der Waals surface area contributed by atoms with Crippen LogP contribution < -0.4 is 4.90 Å². The van der Waals surface area contributed by atoms with E-state index in [-0.39, 0.29) is 24.5 Å². The normalized spacial score (nSPS) is 21.9. The van der Waals surface area contributed by atoms with Gasteiger partial charge in [0.15, 0.2) is 22.2 Å². The minimum Gasteiger partial charge on any atom is -0.439 e. The third-order valence-electron chi connectivity index (χ3n) is 5.07. The number of aromatic nitrogens is 3. The number of cyclic esters (lactones) is 1. The average Bonchev–Trinajstić information content (AvgIpc) is 3.36. The zero-order chi connectivity index (χ0) is 21.3. The molecule has 0 N–H and O–H groups in total. The van der Waals surface area contributed by atoms with Gasteiger partial charge in [-0.05, 0) is 37.1 Å². The molecule has 2 atom stereocenters. The van der Waals surface area contributed by atoms with Crippen molar-refractivity contribution in [1.29, 1.82) is 0 Å². The predicted octanol–water partition coefficient (Wildman–Crippen LogP) is 2.18. The van der Waals surface area contributed by atoms with Gasteiger partial charge in [-0.25, -0.2) is 22.3 Å². The summed E-state index contributed by atoms with van der Waals surface area (Å²) in [7, 11) is -3.09. The largest absolute Gasteiger partial charge is 0.439 e. The number of ether oxygens (including phenoxy) is 2. The minimum absolute atomic E-state index is 0.00125. The zero-order valence-corrected chi connectivity index (χ0v) is 17.1. The van der Waals surface area contributed by atoms with Crippen molar-refractivity contribution in [2.75, 3.05) is 29.6 Å². The van der Waals surface area contributed by atoms with Gasteiger partial charge >= 0.3 is 6.09 Å². The Kier molecular flexibility index (Phi) is 5.56. The lowest BCUT2D eigenvalue weighted by Gasteiger charge is -2.21. The topological polar surface area (TPSA) is 104 Å². The molecule has 0 radical (unpaired) electrons. The fourth-order valence-electron chi connectivity index (χ4n) is 3.58. The van der Waals surface area contributed by atoms with Crippen LogP contribution in [0.25, 0.3) is 5.57 Å². The molecule has 2 aliphatic rings. The van der Waals surface area contributed by atoms with E-state index in [2.05, 4.69) is 10.3 Å². The number of allylic oxidation sites excluding steroid dienone is 1. The van der Waals surface area contributed by atoms with Gasteiger partial charge in [0.25, 0.3) is 0 Å². The summed E-state index contributed by atoms with van der Waals surface area (Å²) in [5.41, 5.74) is 1.34. The molecular formula is C19H21FN4O5S. The van der Waals surface area contributed by atoms with Crippen LogP contribution in [0.2, 0.25) is 0 Å². The van der Waals surface area contributed by atoms with Crippen LogP contribution in [0.5, 0.6) is 0 Å². The van der Waals surface area contributed by atoms with E-state index in [1.54, 1.807) is 24.4 Å². The zero-order valence-electron chi connectivity index (χ0n) is 16.3. The number of benzene rings is 1. The fraction of sp³-hybridized carbons (Fsp3) is 0.421. The molecule has 3 heterocycles. The van der Waals surface area contributed by atoms with Gasteiger partial charge in [0.05, 0.1) is 29.9 Å². The van der Waals surface area contributed by atoms with Gasteiger partial charge in [-0.1, -0.05) is 11.3 Å². The molecule has 0 spiro atoms. The third-order valence-corrected chi connectivity index (χ3v) is 6.57. The van der Waals surface area contributed by atoms with Crippen LogP contribution in [0.1, 0.15) is 25.1 Å². The SMILES string of the molecule is CCOC(C1CN(c2ccc(C3=CCS(=O)(=O)CC3)c(F)c2)C(=O)O1)n1ccnn1. The summed E-state index contributed by atoms with van der Waals surface area (Å²) in [6, 6.07) is 4.44. The number of carbonyl (C=O) groups excluding carboxylic acids is 1. The van der Waals surface area contributed by atoms with E-state index in [4.69, 9.17) is 9.47 Å². The average molecular weight is 436 g/mol. The highest BCUT2D eigenvalue weighted by molar-refractivity contribution is 7.91. The standard InChI is InChI=1S/C19H21FN4O5S/c1-2-28-18(24-8-7-21-22-24)17-12-23(19(25)29-17)14-3-4-15(16(20)11-14)13-5-9-30(26,27)10-6-13/h3-5,7-8,11,17-18H,2,6,9-10,12H2,1H3. The lowest BCUT2D eigenvalue weighted by Crippen LogP contribution is -2.31. The molecule has 160 valence electrons. The predicted molar refractivity (Wildman–Crippen MR) is 106 cm³/mol. The van der Waals surface area contributed by atoms with Crippen molar-refractivity contribution in [3.05, 3.63) is 48.0 Å². The summed E-state index contributed by atoms with van der Waals surface area (Å²) in [6.45, 7) is 2.35. The first-order chi connectivity index (χ1) is 14.4. The number of carbonyl (C=O) groups is 1. The van der Waals surface area contributed by atoms with Crippen molar-refractivity contribution in [1.82, 2.24) is 15.0 Å². The van der Waals surface area contributed by atoms with Crippen LogP contribution in [0.4, 0.5) is 14.9 Å². The Morgan fingerprint density at radius 2 is 2.23 bits per heavy atom. The van der Waals surface area contributed by atoms with E-state index in [1.165, 1.54) is 21.8 Å². The molecule has 1 saturated heterocycles. The molecule has 0 aliphatic carbocycles. The lowest BCUT2D eigenvalue weighted by atomic mass is 10.0. The van der Waals surface area contributed by atoms with Gasteiger partial charge in [0.2, 0.25) is 0 Å². The van der Waals surface area contributed by atoms with Crippen molar-refractivity contribution in [2.45, 2.75) is 25.7 Å². The first-order valence-corrected chi connectivity index (χ1v) is 11.3. The number of hydrogen-bond acceptors (Lipinski definition) is 7. The number of halogens is 1. The molecule has 2 aromatic rings. The van der Waals surface area contributed by atoms with Gasteiger partial charge in [0.1, 0.15) is 5.82 Å². The van der Waals surface area contributed by atoms with Crippen LogP contribution in [-0.4, -0.2) is 60.3 Å². The van der Waals surface area contributed by atoms with E-state index >= 15 is 0 Å². The Bertz CT molecular complexity index is 1070. The molecule has 1 fully saturated rings. The molecule has 4 rings (SSSR count). The summed E-state index contributed by atoms with van der Waals surface area (Å²) in [6.07, 6.45) is 3.02. The number of hydrogen-bond donors (Lipinski definition) is 0. The Hall–Kier alpha value is -2.79. The number of nitrogens with zero attached hydrogens (tertiary/aromatic N) is 4. The van der Waals surface area contributed by atoms with Crippen LogP contribution >= 0.6 is 0 Å². The van der Waals surface area contributed by atoms with E-state index in [9.17, 15) is 17.6 Å². The molecular weight excluding hydrogens is 415 g/mol. The monoisotopic (exact) mass is 436 g/mol. The highest BCUT2D eigenvalue weighted by Crippen LogP contribution is 2.32. The summed E-state index contributed by atoms with van der Waals surface area (Å²) in [5.74, 6) is -0.613. The third kappa shape index (κ3) is 4.08. The molecule has 0 saturated carbocycles. The Balaban J connectivity index is 1.54. The van der Waals surface area contributed by atoms with E-state index in [0.717, 1.165) is 0 Å². The molecule has 1 aromatic heterocycles. The Morgan fingerprint density at radius 1 is 1.40 bits per heavy atom. The second-order valence-electron chi connectivity index (χ2n) is 7.02. The van der Waals surface area contributed by atoms with Crippen LogP contribution in [0.3, 0.4) is 0 Å². The van der Waals surface area contributed by atoms with Crippen molar-refractivity contribution in [3.8, 4) is 0 Å². The molecule has 11 heteroatoms. The number of rotatable bonds is 6. The van der Waals surface area contributed by atoms with Gasteiger partial charge in [-0.15, -0.1) is 5.10 Å². The Morgan fingerprint density at radius 3 is 2.87 bits per heavy atom. The molecule has 2 unspecified atom stereocenters. The summed E-state index contributed by atoms with van der Waals surface area (Å²) in [5, 5.41) is 7.67.